The zero-order valence-corrected chi connectivity index (χ0v) is 17.3. The van der Waals surface area contributed by atoms with Crippen LogP contribution in [0.15, 0.2) is 66.7 Å². The third kappa shape index (κ3) is 3.92. The van der Waals surface area contributed by atoms with Crippen molar-refractivity contribution in [3.63, 3.8) is 0 Å². The number of benzene rings is 3. The number of ether oxygens (including phenoxy) is 2. The van der Waals surface area contributed by atoms with Crippen molar-refractivity contribution in [1.82, 2.24) is 4.90 Å². The highest BCUT2D eigenvalue weighted by Gasteiger charge is 2.35. The van der Waals surface area contributed by atoms with Crippen LogP contribution in [0.3, 0.4) is 0 Å². The Morgan fingerprint density at radius 3 is 2.19 bits per heavy atom. The van der Waals surface area contributed by atoms with Gasteiger partial charge in [0.05, 0.1) is 24.8 Å². The first-order chi connectivity index (χ1) is 15.0. The molecule has 6 nitrogen and oxygen atoms in total. The van der Waals surface area contributed by atoms with Gasteiger partial charge in [-0.15, -0.1) is 0 Å². The average molecular weight is 415 g/mol. The normalized spacial score (nSPS) is 12.6. The molecule has 0 fully saturated rings. The number of hydrogen-bond donors (Lipinski definition) is 0. The van der Waals surface area contributed by atoms with Crippen LogP contribution >= 0.6 is 0 Å². The van der Waals surface area contributed by atoms with E-state index in [9.17, 15) is 14.4 Å². The number of fused-ring (bicyclic) bond motifs is 1. The van der Waals surface area contributed by atoms with Gasteiger partial charge in [0.1, 0.15) is 17.9 Å². The van der Waals surface area contributed by atoms with Crippen molar-refractivity contribution in [2.75, 3.05) is 7.11 Å². The lowest BCUT2D eigenvalue weighted by atomic mass is 10.1. The van der Waals surface area contributed by atoms with E-state index in [0.29, 0.717) is 22.4 Å². The van der Waals surface area contributed by atoms with Crippen LogP contribution in [0.1, 0.15) is 47.8 Å². The monoisotopic (exact) mass is 415 g/mol. The number of nitrogens with zero attached hydrogens (tertiary/aromatic N) is 1. The highest BCUT2D eigenvalue weighted by atomic mass is 16.5. The van der Waals surface area contributed by atoms with E-state index < -0.39 is 5.97 Å². The molecule has 0 saturated heterocycles. The minimum atomic E-state index is -0.538. The van der Waals surface area contributed by atoms with E-state index >= 15 is 0 Å². The molecule has 6 heteroatoms. The molecule has 2 amide bonds. The molecule has 156 valence electrons. The molecule has 0 aliphatic carbocycles. The number of esters is 1. The zero-order valence-electron chi connectivity index (χ0n) is 17.3. The van der Waals surface area contributed by atoms with Crippen molar-refractivity contribution in [3.8, 4) is 5.75 Å². The minimum Gasteiger partial charge on any atom is -0.496 e. The van der Waals surface area contributed by atoms with E-state index in [-0.39, 0.29) is 30.5 Å². The highest BCUT2D eigenvalue weighted by molar-refractivity contribution is 6.21. The molecule has 3 aromatic carbocycles. The third-order valence-corrected chi connectivity index (χ3v) is 5.32. The van der Waals surface area contributed by atoms with Crippen LogP contribution in [-0.4, -0.2) is 29.8 Å². The van der Waals surface area contributed by atoms with E-state index in [1.165, 1.54) is 12.0 Å². The van der Waals surface area contributed by atoms with Gasteiger partial charge in [0.15, 0.2) is 0 Å². The number of rotatable bonds is 6. The Bertz CT molecular complexity index is 1150. The van der Waals surface area contributed by atoms with Gasteiger partial charge in [0, 0.05) is 0 Å². The van der Waals surface area contributed by atoms with E-state index in [2.05, 4.69) is 0 Å². The van der Waals surface area contributed by atoms with E-state index in [1.807, 2.05) is 31.2 Å². The fraction of sp³-hybridized carbons (Fsp3) is 0.160. The zero-order chi connectivity index (χ0) is 22.0. The Morgan fingerprint density at radius 1 is 0.903 bits per heavy atom. The number of carbonyl (C=O) groups is 3. The van der Waals surface area contributed by atoms with E-state index in [1.54, 1.807) is 42.5 Å². The molecule has 0 atom stereocenters. The molecule has 3 aromatic rings. The standard InChI is InChI=1S/C25H21NO5/c1-16-7-3-4-8-18(16)15-31-25(29)21-13-17(11-12-22(21)30-2)14-26-23(27)19-9-5-6-10-20(19)24(26)28/h3-13H,14-15H2,1-2H3. The highest BCUT2D eigenvalue weighted by Crippen LogP contribution is 2.27. The first-order valence-electron chi connectivity index (χ1n) is 9.83. The first-order valence-corrected chi connectivity index (χ1v) is 9.83. The Kier molecular flexibility index (Phi) is 5.54. The second-order valence-corrected chi connectivity index (χ2v) is 7.28. The van der Waals surface area contributed by atoms with Crippen LogP contribution < -0.4 is 4.74 Å². The lowest BCUT2D eigenvalue weighted by molar-refractivity contribution is 0.0468. The Labute approximate surface area is 180 Å². The molecule has 0 saturated carbocycles. The van der Waals surface area contributed by atoms with Gasteiger partial charge in [-0.1, -0.05) is 42.5 Å². The van der Waals surface area contributed by atoms with Gasteiger partial charge < -0.3 is 9.47 Å². The number of hydrogen-bond acceptors (Lipinski definition) is 5. The van der Waals surface area contributed by atoms with Gasteiger partial charge in [0.2, 0.25) is 0 Å². The molecular formula is C25H21NO5. The summed E-state index contributed by atoms with van der Waals surface area (Å²) in [6.45, 7) is 2.14. The fourth-order valence-electron chi connectivity index (χ4n) is 3.57. The molecule has 4 rings (SSSR count). The van der Waals surface area contributed by atoms with Crippen LogP contribution in [0, 0.1) is 6.92 Å². The molecule has 0 radical (unpaired) electrons. The van der Waals surface area contributed by atoms with E-state index in [4.69, 9.17) is 9.47 Å². The quantitative estimate of drug-likeness (QED) is 0.447. The predicted octanol–water partition coefficient (Wildman–Crippen LogP) is 4.16. The molecule has 0 spiro atoms. The van der Waals surface area contributed by atoms with Crippen molar-refractivity contribution in [3.05, 3.63) is 100 Å². The second-order valence-electron chi connectivity index (χ2n) is 7.28. The summed E-state index contributed by atoms with van der Waals surface area (Å²) in [5, 5.41) is 0. The van der Waals surface area contributed by atoms with Crippen LogP contribution in [0.5, 0.6) is 5.75 Å². The number of imide groups is 1. The number of carbonyl (C=O) groups excluding carboxylic acids is 3. The molecule has 31 heavy (non-hydrogen) atoms. The van der Waals surface area contributed by atoms with Gasteiger partial charge in [-0.2, -0.15) is 0 Å². The third-order valence-electron chi connectivity index (χ3n) is 5.32. The lowest BCUT2D eigenvalue weighted by Gasteiger charge is -2.16. The van der Waals surface area contributed by atoms with Crippen molar-refractivity contribution in [2.45, 2.75) is 20.1 Å². The molecule has 1 aliphatic rings. The van der Waals surface area contributed by atoms with Gasteiger partial charge >= 0.3 is 5.97 Å². The Hall–Kier alpha value is -3.93. The largest absolute Gasteiger partial charge is 0.496 e. The molecule has 0 N–H and O–H groups in total. The van der Waals surface area contributed by atoms with Crippen LogP contribution in [0.4, 0.5) is 0 Å². The summed E-state index contributed by atoms with van der Waals surface area (Å²) in [6, 6.07) is 19.3. The topological polar surface area (TPSA) is 72.9 Å². The predicted molar refractivity (Wildman–Crippen MR) is 114 cm³/mol. The molecule has 1 aliphatic heterocycles. The smallest absolute Gasteiger partial charge is 0.342 e. The summed E-state index contributed by atoms with van der Waals surface area (Å²) in [5.74, 6) is -0.870. The number of methoxy groups -OCH3 is 1. The van der Waals surface area contributed by atoms with Crippen molar-refractivity contribution in [1.29, 1.82) is 0 Å². The number of aryl methyl sites for hydroxylation is 1. The van der Waals surface area contributed by atoms with Gasteiger partial charge in [0.25, 0.3) is 11.8 Å². The fourth-order valence-corrected chi connectivity index (χ4v) is 3.57. The van der Waals surface area contributed by atoms with Crippen LogP contribution in [0.2, 0.25) is 0 Å². The summed E-state index contributed by atoms with van der Waals surface area (Å²) in [5.41, 5.74) is 3.58. The summed E-state index contributed by atoms with van der Waals surface area (Å²) >= 11 is 0. The average Bonchev–Trinajstić information content (AvgIpc) is 3.03. The maximum atomic E-state index is 12.8. The SMILES string of the molecule is COc1ccc(CN2C(=O)c3ccccc3C2=O)cc1C(=O)OCc1ccccc1C. The molecular weight excluding hydrogens is 394 g/mol. The summed E-state index contributed by atoms with van der Waals surface area (Å²) in [6.07, 6.45) is 0. The minimum absolute atomic E-state index is 0.0500. The number of amides is 2. The Balaban J connectivity index is 1.54. The summed E-state index contributed by atoms with van der Waals surface area (Å²) in [7, 11) is 1.47. The van der Waals surface area contributed by atoms with Crippen molar-refractivity contribution in [2.24, 2.45) is 0 Å². The Morgan fingerprint density at radius 2 is 1.55 bits per heavy atom. The maximum absolute atomic E-state index is 12.8. The summed E-state index contributed by atoms with van der Waals surface area (Å²) in [4.78, 5) is 39.2. The van der Waals surface area contributed by atoms with Crippen LogP contribution in [0.25, 0.3) is 0 Å². The van der Waals surface area contributed by atoms with Gasteiger partial charge in [-0.25, -0.2) is 4.79 Å². The van der Waals surface area contributed by atoms with Crippen molar-refractivity contribution >= 4 is 17.8 Å². The molecule has 1 heterocycles. The maximum Gasteiger partial charge on any atom is 0.342 e. The second kappa shape index (κ2) is 8.44. The molecule has 0 bridgehead atoms. The van der Waals surface area contributed by atoms with E-state index in [0.717, 1.165) is 11.1 Å². The lowest BCUT2D eigenvalue weighted by Crippen LogP contribution is -2.29. The van der Waals surface area contributed by atoms with Gasteiger partial charge in [-0.3, -0.25) is 14.5 Å². The molecule has 0 aromatic heterocycles. The van der Waals surface area contributed by atoms with Crippen molar-refractivity contribution < 1.29 is 23.9 Å². The van der Waals surface area contributed by atoms with Crippen LogP contribution in [-0.2, 0) is 17.9 Å². The molecule has 0 unspecified atom stereocenters. The first kappa shape index (κ1) is 20.3. The van der Waals surface area contributed by atoms with Gasteiger partial charge in [-0.05, 0) is 47.9 Å². The summed E-state index contributed by atoms with van der Waals surface area (Å²) < 4.78 is 10.8.